The molecule has 2 heterocycles. The third kappa shape index (κ3) is 5.59. The van der Waals surface area contributed by atoms with Crippen molar-refractivity contribution in [2.45, 2.75) is 32.1 Å². The monoisotopic (exact) mass is 348 g/mol. The predicted molar refractivity (Wildman–Crippen MR) is 91.2 cm³/mol. The number of rotatable bonds is 8. The number of nitrogens with zero attached hydrogens (tertiary/aromatic N) is 4. The van der Waals surface area contributed by atoms with E-state index in [0.29, 0.717) is 18.0 Å². The molecule has 1 aromatic heterocycles. The summed E-state index contributed by atoms with van der Waals surface area (Å²) in [6.07, 6.45) is 5.00. The first-order chi connectivity index (χ1) is 12.2. The van der Waals surface area contributed by atoms with Crippen LogP contribution in [0.5, 0.6) is 0 Å². The Labute approximate surface area is 147 Å². The summed E-state index contributed by atoms with van der Waals surface area (Å²) in [6, 6.07) is 6.54. The maximum atomic E-state index is 13.5. The Morgan fingerprint density at radius 3 is 3.04 bits per heavy atom. The quantitative estimate of drug-likeness (QED) is 0.787. The summed E-state index contributed by atoms with van der Waals surface area (Å²) in [7, 11) is 0. The molecule has 1 saturated heterocycles. The lowest BCUT2D eigenvalue weighted by molar-refractivity contribution is 0.00149. The molecule has 136 valence electrons. The summed E-state index contributed by atoms with van der Waals surface area (Å²) in [6.45, 7) is 3.74. The van der Waals surface area contributed by atoms with Crippen molar-refractivity contribution >= 4 is 0 Å². The van der Waals surface area contributed by atoms with Gasteiger partial charge in [-0.05, 0) is 31.4 Å². The maximum Gasteiger partial charge on any atom is 0.137 e. The molecule has 7 heteroatoms. The Kier molecular flexibility index (Phi) is 6.49. The predicted octanol–water partition coefficient (Wildman–Crippen LogP) is 1.71. The third-order valence-corrected chi connectivity index (χ3v) is 4.51. The van der Waals surface area contributed by atoms with Crippen LogP contribution in [0, 0.1) is 11.7 Å². The minimum Gasteiger partial charge on any atom is -0.389 e. The van der Waals surface area contributed by atoms with Crippen LogP contribution < -0.4 is 0 Å². The fourth-order valence-corrected chi connectivity index (χ4v) is 3.33. The van der Waals surface area contributed by atoms with Crippen molar-refractivity contribution in [2.75, 3.05) is 26.2 Å². The molecule has 0 saturated carbocycles. The molecule has 2 atom stereocenters. The molecule has 0 spiro atoms. The highest BCUT2D eigenvalue weighted by Crippen LogP contribution is 2.18. The van der Waals surface area contributed by atoms with Crippen molar-refractivity contribution in [1.29, 1.82) is 0 Å². The second-order valence-corrected chi connectivity index (χ2v) is 6.65. The summed E-state index contributed by atoms with van der Waals surface area (Å²) < 4.78 is 20.9. The van der Waals surface area contributed by atoms with E-state index >= 15 is 0 Å². The SMILES string of the molecule is O[C@@H](COCc1ccccc1F)CN1CCC[C@@H](Cn2cncn2)C1. The Bertz CT molecular complexity index is 638. The van der Waals surface area contributed by atoms with Crippen LogP contribution in [0.25, 0.3) is 0 Å². The smallest absolute Gasteiger partial charge is 0.137 e. The van der Waals surface area contributed by atoms with Gasteiger partial charge in [-0.3, -0.25) is 4.68 Å². The molecule has 1 aromatic carbocycles. The van der Waals surface area contributed by atoms with E-state index in [4.69, 9.17) is 4.74 Å². The van der Waals surface area contributed by atoms with Gasteiger partial charge in [0.05, 0.1) is 19.3 Å². The first kappa shape index (κ1) is 18.0. The molecular formula is C18H25FN4O2. The van der Waals surface area contributed by atoms with Crippen molar-refractivity contribution in [2.24, 2.45) is 5.92 Å². The molecule has 6 nitrogen and oxygen atoms in total. The molecule has 1 N–H and O–H groups in total. The minimum atomic E-state index is -0.572. The Balaban J connectivity index is 1.38. The number of benzene rings is 1. The van der Waals surface area contributed by atoms with Crippen molar-refractivity contribution in [1.82, 2.24) is 19.7 Å². The number of ether oxygens (including phenoxy) is 1. The molecule has 0 radical (unpaired) electrons. The standard InChI is InChI=1S/C18H25FN4O2/c19-18-6-2-1-5-16(18)11-25-12-17(24)10-22-7-3-4-15(8-22)9-23-14-20-13-21-23/h1-2,5-6,13-15,17,24H,3-4,7-12H2/t15-,17-/m1/s1. The van der Waals surface area contributed by atoms with E-state index in [-0.39, 0.29) is 19.0 Å². The van der Waals surface area contributed by atoms with Gasteiger partial charge in [0.2, 0.25) is 0 Å². The van der Waals surface area contributed by atoms with Crippen LogP contribution in [0.1, 0.15) is 18.4 Å². The van der Waals surface area contributed by atoms with Crippen LogP contribution in [-0.2, 0) is 17.9 Å². The highest BCUT2D eigenvalue weighted by Gasteiger charge is 2.22. The highest BCUT2D eigenvalue weighted by molar-refractivity contribution is 5.16. The maximum absolute atomic E-state index is 13.5. The van der Waals surface area contributed by atoms with E-state index in [1.165, 1.54) is 6.07 Å². The zero-order valence-corrected chi connectivity index (χ0v) is 14.3. The van der Waals surface area contributed by atoms with E-state index in [9.17, 15) is 9.50 Å². The highest BCUT2D eigenvalue weighted by atomic mass is 19.1. The topological polar surface area (TPSA) is 63.4 Å². The van der Waals surface area contributed by atoms with Crippen molar-refractivity contribution in [3.05, 3.63) is 48.3 Å². The molecule has 0 bridgehead atoms. The number of β-amino-alcohol motifs (C(OH)–C–C–N with tert-alkyl or cyclic N) is 1. The zero-order valence-electron chi connectivity index (χ0n) is 14.3. The summed E-state index contributed by atoms with van der Waals surface area (Å²) >= 11 is 0. The zero-order chi connectivity index (χ0) is 17.5. The van der Waals surface area contributed by atoms with Crippen LogP contribution in [0.4, 0.5) is 4.39 Å². The molecule has 0 amide bonds. The Morgan fingerprint density at radius 2 is 2.24 bits per heavy atom. The average molecular weight is 348 g/mol. The number of aromatic nitrogens is 3. The van der Waals surface area contributed by atoms with E-state index in [1.54, 1.807) is 30.9 Å². The fourth-order valence-electron chi connectivity index (χ4n) is 3.33. The largest absolute Gasteiger partial charge is 0.389 e. The molecule has 0 aliphatic carbocycles. The molecule has 1 aliphatic rings. The molecule has 1 aliphatic heterocycles. The first-order valence-electron chi connectivity index (χ1n) is 8.74. The summed E-state index contributed by atoms with van der Waals surface area (Å²) in [4.78, 5) is 6.24. The van der Waals surface area contributed by atoms with Gasteiger partial charge in [0.1, 0.15) is 18.5 Å². The summed E-state index contributed by atoms with van der Waals surface area (Å²) in [5.74, 6) is 0.242. The molecule has 2 aromatic rings. The van der Waals surface area contributed by atoms with Crippen LogP contribution in [0.15, 0.2) is 36.9 Å². The number of aliphatic hydroxyl groups is 1. The first-order valence-corrected chi connectivity index (χ1v) is 8.74. The fraction of sp³-hybridized carbons (Fsp3) is 0.556. The van der Waals surface area contributed by atoms with Crippen molar-refractivity contribution in [3.8, 4) is 0 Å². The second-order valence-electron chi connectivity index (χ2n) is 6.65. The lowest BCUT2D eigenvalue weighted by atomic mass is 9.98. The van der Waals surface area contributed by atoms with Gasteiger partial charge in [-0.1, -0.05) is 18.2 Å². The van der Waals surface area contributed by atoms with Gasteiger partial charge >= 0.3 is 0 Å². The number of hydrogen-bond acceptors (Lipinski definition) is 5. The van der Waals surface area contributed by atoms with Gasteiger partial charge in [0, 0.05) is 25.2 Å². The van der Waals surface area contributed by atoms with Gasteiger partial charge in [-0.15, -0.1) is 0 Å². The van der Waals surface area contributed by atoms with Crippen LogP contribution in [0.2, 0.25) is 0 Å². The van der Waals surface area contributed by atoms with Gasteiger partial charge in [-0.25, -0.2) is 9.37 Å². The lowest BCUT2D eigenvalue weighted by Crippen LogP contribution is -2.42. The van der Waals surface area contributed by atoms with Crippen LogP contribution in [-0.4, -0.2) is 57.1 Å². The number of piperidine rings is 1. The third-order valence-electron chi connectivity index (χ3n) is 4.51. The van der Waals surface area contributed by atoms with E-state index in [1.807, 2.05) is 4.68 Å². The van der Waals surface area contributed by atoms with Gasteiger partial charge < -0.3 is 14.7 Å². The van der Waals surface area contributed by atoms with Gasteiger partial charge in [0.15, 0.2) is 0 Å². The average Bonchev–Trinajstić information content (AvgIpc) is 3.10. The minimum absolute atomic E-state index is 0.179. The van der Waals surface area contributed by atoms with Crippen molar-refractivity contribution in [3.63, 3.8) is 0 Å². The molecule has 1 fully saturated rings. The van der Waals surface area contributed by atoms with Crippen molar-refractivity contribution < 1.29 is 14.2 Å². The molecular weight excluding hydrogens is 323 g/mol. The number of hydrogen-bond donors (Lipinski definition) is 1. The van der Waals surface area contributed by atoms with E-state index < -0.39 is 6.10 Å². The Morgan fingerprint density at radius 1 is 1.36 bits per heavy atom. The van der Waals surface area contributed by atoms with Crippen LogP contribution >= 0.6 is 0 Å². The second kappa shape index (κ2) is 9.03. The van der Waals surface area contributed by atoms with E-state index in [2.05, 4.69) is 15.0 Å². The molecule has 3 rings (SSSR count). The normalized spacial score (nSPS) is 19.8. The van der Waals surface area contributed by atoms with Crippen LogP contribution in [0.3, 0.4) is 0 Å². The number of likely N-dealkylation sites (tertiary alicyclic amines) is 1. The van der Waals surface area contributed by atoms with Gasteiger partial charge in [-0.2, -0.15) is 5.10 Å². The molecule has 25 heavy (non-hydrogen) atoms. The number of halogens is 1. The summed E-state index contributed by atoms with van der Waals surface area (Å²) in [5, 5.41) is 14.4. The summed E-state index contributed by atoms with van der Waals surface area (Å²) in [5.41, 5.74) is 0.514. The van der Waals surface area contributed by atoms with E-state index in [0.717, 1.165) is 32.5 Å². The number of aliphatic hydroxyl groups excluding tert-OH is 1. The Hall–Kier alpha value is -1.83. The molecule has 0 unspecified atom stereocenters. The van der Waals surface area contributed by atoms with Gasteiger partial charge in [0.25, 0.3) is 0 Å². The lowest BCUT2D eigenvalue weighted by Gasteiger charge is -2.33.